The van der Waals surface area contributed by atoms with Crippen LogP contribution in [-0.4, -0.2) is 29.8 Å². The van der Waals surface area contributed by atoms with Gasteiger partial charge in [0.05, 0.1) is 12.7 Å². The second kappa shape index (κ2) is 9.13. The molecule has 0 amide bonds. The number of carbonyl (C=O) groups is 1. The van der Waals surface area contributed by atoms with E-state index in [4.69, 9.17) is 14.0 Å². The maximum absolute atomic E-state index is 12.4. The molecule has 7 nitrogen and oxygen atoms in total. The quantitative estimate of drug-likeness (QED) is 0.519. The van der Waals surface area contributed by atoms with Gasteiger partial charge in [-0.05, 0) is 30.2 Å². The average molecular weight is 404 g/mol. The molecule has 1 heterocycles. The summed E-state index contributed by atoms with van der Waals surface area (Å²) in [6, 6.07) is 11.4. The third-order valence-corrected chi connectivity index (χ3v) is 4.03. The molecule has 152 valence electrons. The van der Waals surface area contributed by atoms with Crippen molar-refractivity contribution in [1.82, 2.24) is 10.1 Å². The standard InChI is InChI=1S/C20H18F2N2O5/c1-3-12-4-6-13(7-5-12)18-23-17(29-24-18)11-27-19(25)14-8-9-15(28-20(21)22)16(10-14)26-2/h4-10,20H,3,11H2,1-2H3. The first-order chi connectivity index (χ1) is 14.0. The van der Waals surface area contributed by atoms with E-state index in [1.54, 1.807) is 0 Å². The summed E-state index contributed by atoms with van der Waals surface area (Å²) in [6.07, 6.45) is 0.924. The van der Waals surface area contributed by atoms with Gasteiger partial charge in [-0.25, -0.2) is 4.79 Å². The minimum Gasteiger partial charge on any atom is -0.493 e. The van der Waals surface area contributed by atoms with Crippen molar-refractivity contribution < 1.29 is 32.3 Å². The molecule has 0 aliphatic rings. The van der Waals surface area contributed by atoms with Crippen molar-refractivity contribution in [2.75, 3.05) is 7.11 Å². The number of ether oxygens (including phenoxy) is 3. The predicted molar refractivity (Wildman–Crippen MR) is 97.9 cm³/mol. The molecule has 29 heavy (non-hydrogen) atoms. The number of rotatable bonds is 8. The van der Waals surface area contributed by atoms with Crippen LogP contribution in [0.3, 0.4) is 0 Å². The molecule has 0 radical (unpaired) electrons. The first kappa shape index (κ1) is 20.2. The lowest BCUT2D eigenvalue weighted by molar-refractivity contribution is -0.0512. The number of halogens is 2. The Bertz CT molecular complexity index is 973. The van der Waals surface area contributed by atoms with Crippen LogP contribution in [0.4, 0.5) is 8.78 Å². The summed E-state index contributed by atoms with van der Waals surface area (Å²) >= 11 is 0. The second-order valence-corrected chi connectivity index (χ2v) is 5.88. The largest absolute Gasteiger partial charge is 0.493 e. The van der Waals surface area contributed by atoms with Crippen molar-refractivity contribution in [2.24, 2.45) is 0 Å². The molecule has 0 saturated carbocycles. The van der Waals surface area contributed by atoms with Crippen molar-refractivity contribution in [3.63, 3.8) is 0 Å². The fourth-order valence-corrected chi connectivity index (χ4v) is 2.52. The van der Waals surface area contributed by atoms with Gasteiger partial charge in [0, 0.05) is 5.56 Å². The Morgan fingerprint density at radius 1 is 1.14 bits per heavy atom. The van der Waals surface area contributed by atoms with Crippen molar-refractivity contribution >= 4 is 5.97 Å². The highest BCUT2D eigenvalue weighted by atomic mass is 19.3. The Kier molecular flexibility index (Phi) is 6.38. The number of hydrogen-bond donors (Lipinski definition) is 0. The number of methoxy groups -OCH3 is 1. The fraction of sp³-hybridized carbons (Fsp3) is 0.250. The second-order valence-electron chi connectivity index (χ2n) is 5.88. The molecule has 3 rings (SSSR count). The Balaban J connectivity index is 1.64. The van der Waals surface area contributed by atoms with E-state index in [1.807, 2.05) is 24.3 Å². The number of nitrogens with zero attached hydrogens (tertiary/aromatic N) is 2. The molecule has 0 saturated heterocycles. The fourth-order valence-electron chi connectivity index (χ4n) is 2.52. The number of alkyl halides is 2. The van der Waals surface area contributed by atoms with Gasteiger partial charge in [-0.15, -0.1) is 0 Å². The molecule has 0 atom stereocenters. The van der Waals surface area contributed by atoms with Gasteiger partial charge in [0.25, 0.3) is 5.89 Å². The predicted octanol–water partition coefficient (Wildman–Crippen LogP) is 4.27. The summed E-state index contributed by atoms with van der Waals surface area (Å²) < 4.78 is 44.3. The molecule has 2 aromatic carbocycles. The van der Waals surface area contributed by atoms with Crippen LogP contribution in [0.2, 0.25) is 0 Å². The molecule has 0 spiro atoms. The lowest BCUT2D eigenvalue weighted by atomic mass is 10.1. The van der Waals surface area contributed by atoms with Gasteiger partial charge in [-0.2, -0.15) is 13.8 Å². The van der Waals surface area contributed by atoms with Crippen molar-refractivity contribution in [1.29, 1.82) is 0 Å². The highest BCUT2D eigenvalue weighted by molar-refractivity contribution is 5.90. The van der Waals surface area contributed by atoms with Crippen LogP contribution in [0.25, 0.3) is 11.4 Å². The maximum atomic E-state index is 12.4. The topological polar surface area (TPSA) is 83.7 Å². The smallest absolute Gasteiger partial charge is 0.387 e. The minimum absolute atomic E-state index is 0.0182. The molecule has 0 fully saturated rings. The third kappa shape index (κ3) is 5.07. The van der Waals surface area contributed by atoms with Crippen LogP contribution in [0.5, 0.6) is 11.5 Å². The summed E-state index contributed by atoms with van der Waals surface area (Å²) in [5.74, 6) is -0.407. The third-order valence-electron chi connectivity index (χ3n) is 4.03. The number of aromatic nitrogens is 2. The van der Waals surface area contributed by atoms with E-state index in [1.165, 1.54) is 30.9 Å². The van der Waals surface area contributed by atoms with Gasteiger partial charge < -0.3 is 18.7 Å². The van der Waals surface area contributed by atoms with E-state index in [2.05, 4.69) is 21.8 Å². The van der Waals surface area contributed by atoms with Gasteiger partial charge in [0.1, 0.15) is 0 Å². The number of benzene rings is 2. The van der Waals surface area contributed by atoms with Crippen LogP contribution in [0, 0.1) is 0 Å². The van der Waals surface area contributed by atoms with Crippen LogP contribution in [0.1, 0.15) is 28.7 Å². The van der Waals surface area contributed by atoms with Crippen LogP contribution >= 0.6 is 0 Å². The average Bonchev–Trinajstić information content (AvgIpc) is 3.21. The minimum atomic E-state index is -3.01. The monoisotopic (exact) mass is 404 g/mol. The van der Waals surface area contributed by atoms with E-state index < -0.39 is 12.6 Å². The number of hydrogen-bond acceptors (Lipinski definition) is 7. The zero-order valence-electron chi connectivity index (χ0n) is 15.7. The van der Waals surface area contributed by atoms with E-state index >= 15 is 0 Å². The molecule has 1 aromatic heterocycles. The molecule has 0 aliphatic heterocycles. The van der Waals surface area contributed by atoms with Crippen LogP contribution in [-0.2, 0) is 17.8 Å². The van der Waals surface area contributed by atoms with Crippen molar-refractivity contribution in [3.8, 4) is 22.9 Å². The Hall–Kier alpha value is -3.49. The summed E-state index contributed by atoms with van der Waals surface area (Å²) in [4.78, 5) is 16.4. The van der Waals surface area contributed by atoms with E-state index in [0.717, 1.165) is 12.0 Å². The molecular formula is C20H18F2N2O5. The molecule has 0 unspecified atom stereocenters. The van der Waals surface area contributed by atoms with Gasteiger partial charge in [0.2, 0.25) is 5.82 Å². The van der Waals surface area contributed by atoms with Crippen LogP contribution in [0.15, 0.2) is 47.0 Å². The Labute approximate surface area is 165 Å². The lowest BCUT2D eigenvalue weighted by Gasteiger charge is -2.10. The first-order valence-corrected chi connectivity index (χ1v) is 8.72. The molecular weight excluding hydrogens is 386 g/mol. The van der Waals surface area contributed by atoms with Gasteiger partial charge in [0.15, 0.2) is 18.1 Å². The maximum Gasteiger partial charge on any atom is 0.387 e. The van der Waals surface area contributed by atoms with E-state index in [9.17, 15) is 13.6 Å². The summed E-state index contributed by atoms with van der Waals surface area (Å²) in [5.41, 5.74) is 2.06. The molecule has 9 heteroatoms. The molecule has 0 N–H and O–H groups in total. The lowest BCUT2D eigenvalue weighted by Crippen LogP contribution is -2.07. The van der Waals surface area contributed by atoms with Crippen LogP contribution < -0.4 is 9.47 Å². The Morgan fingerprint density at radius 3 is 2.55 bits per heavy atom. The molecule has 0 aliphatic carbocycles. The SMILES string of the molecule is CCc1ccc(-c2noc(COC(=O)c3ccc(OC(F)F)c(OC)c3)n2)cc1. The van der Waals surface area contributed by atoms with Gasteiger partial charge >= 0.3 is 12.6 Å². The molecule has 3 aromatic rings. The van der Waals surface area contributed by atoms with Gasteiger partial charge in [-0.1, -0.05) is 36.3 Å². The number of esters is 1. The normalized spacial score (nSPS) is 10.8. The summed E-state index contributed by atoms with van der Waals surface area (Å²) in [7, 11) is 1.27. The number of carbonyl (C=O) groups excluding carboxylic acids is 1. The highest BCUT2D eigenvalue weighted by Gasteiger charge is 2.16. The highest BCUT2D eigenvalue weighted by Crippen LogP contribution is 2.29. The number of aryl methyl sites for hydroxylation is 1. The van der Waals surface area contributed by atoms with Crippen molar-refractivity contribution in [3.05, 3.63) is 59.5 Å². The van der Waals surface area contributed by atoms with Gasteiger partial charge in [-0.3, -0.25) is 0 Å². The zero-order valence-corrected chi connectivity index (χ0v) is 15.7. The summed E-state index contributed by atoms with van der Waals surface area (Å²) in [6.45, 7) is -1.19. The van der Waals surface area contributed by atoms with Crippen molar-refractivity contribution in [2.45, 2.75) is 26.6 Å². The zero-order chi connectivity index (χ0) is 20.8. The van der Waals surface area contributed by atoms with E-state index in [-0.39, 0.29) is 29.6 Å². The summed E-state index contributed by atoms with van der Waals surface area (Å²) in [5, 5.41) is 3.87. The van der Waals surface area contributed by atoms with E-state index in [0.29, 0.717) is 5.82 Å². The Morgan fingerprint density at radius 2 is 1.90 bits per heavy atom. The molecule has 0 bridgehead atoms. The first-order valence-electron chi connectivity index (χ1n) is 8.72.